The number of rotatable bonds is 3. The Morgan fingerprint density at radius 3 is 2.40 bits per heavy atom. The van der Waals surface area contributed by atoms with Gasteiger partial charge in [0.15, 0.2) is 0 Å². The van der Waals surface area contributed by atoms with Gasteiger partial charge in [0.25, 0.3) is 0 Å². The largest absolute Gasteiger partial charge is 0.0864 e. The van der Waals surface area contributed by atoms with Crippen molar-refractivity contribution in [3.63, 3.8) is 0 Å². The Bertz CT molecular complexity index is 169. The van der Waals surface area contributed by atoms with Crippen LogP contribution in [-0.4, -0.2) is 4.43 Å². The summed E-state index contributed by atoms with van der Waals surface area (Å²) in [6.07, 6.45) is 2.52. The fourth-order valence-electron chi connectivity index (χ4n) is 0.916. The zero-order valence-corrected chi connectivity index (χ0v) is 8.04. The van der Waals surface area contributed by atoms with E-state index in [1.54, 1.807) is 0 Å². The first kappa shape index (κ1) is 8.05. The van der Waals surface area contributed by atoms with Crippen LogP contribution in [0.3, 0.4) is 0 Å². The maximum Gasteiger partial charge on any atom is -0.000156 e. The van der Waals surface area contributed by atoms with E-state index in [9.17, 15) is 0 Å². The molecule has 0 heterocycles. The van der Waals surface area contributed by atoms with Crippen molar-refractivity contribution in [3.8, 4) is 0 Å². The topological polar surface area (TPSA) is 0 Å². The molecule has 0 radical (unpaired) electrons. The molecule has 0 amide bonds. The number of alkyl halides is 1. The second kappa shape index (κ2) is 4.72. The SMILES string of the molecule is ICCCc1ccccc1. The Morgan fingerprint density at radius 2 is 1.80 bits per heavy atom. The monoisotopic (exact) mass is 246 g/mol. The molecule has 0 fully saturated rings. The number of aryl methyl sites for hydroxylation is 1. The van der Waals surface area contributed by atoms with E-state index in [4.69, 9.17) is 0 Å². The highest BCUT2D eigenvalue weighted by Gasteiger charge is 1.87. The highest BCUT2D eigenvalue weighted by molar-refractivity contribution is 14.1. The second-order valence-electron chi connectivity index (χ2n) is 2.28. The van der Waals surface area contributed by atoms with E-state index in [0.29, 0.717) is 0 Å². The lowest BCUT2D eigenvalue weighted by atomic mass is 10.1. The van der Waals surface area contributed by atoms with Crippen molar-refractivity contribution in [2.75, 3.05) is 4.43 Å². The van der Waals surface area contributed by atoms with Crippen molar-refractivity contribution < 1.29 is 0 Å². The van der Waals surface area contributed by atoms with Gasteiger partial charge in [0, 0.05) is 0 Å². The zero-order chi connectivity index (χ0) is 7.23. The van der Waals surface area contributed by atoms with E-state index < -0.39 is 0 Å². The number of hydrogen-bond donors (Lipinski definition) is 0. The van der Waals surface area contributed by atoms with Crippen LogP contribution in [0, 0.1) is 0 Å². The molecule has 0 aliphatic rings. The molecule has 10 heavy (non-hydrogen) atoms. The van der Waals surface area contributed by atoms with Gasteiger partial charge in [0.2, 0.25) is 0 Å². The van der Waals surface area contributed by atoms with Crippen LogP contribution < -0.4 is 0 Å². The molecule has 0 nitrogen and oxygen atoms in total. The first-order chi connectivity index (χ1) is 4.93. The van der Waals surface area contributed by atoms with Crippen LogP contribution >= 0.6 is 22.6 Å². The minimum atomic E-state index is 1.23. The van der Waals surface area contributed by atoms with Gasteiger partial charge in [-0.3, -0.25) is 0 Å². The Morgan fingerprint density at radius 1 is 1.10 bits per heavy atom. The van der Waals surface area contributed by atoms with E-state index in [0.717, 1.165) is 0 Å². The molecule has 0 atom stereocenters. The molecular formula is C9H11I. The molecule has 0 N–H and O–H groups in total. The van der Waals surface area contributed by atoms with Crippen LogP contribution in [0.2, 0.25) is 0 Å². The first-order valence-corrected chi connectivity index (χ1v) is 5.06. The molecule has 1 heteroatoms. The fourth-order valence-corrected chi connectivity index (χ4v) is 1.30. The number of hydrogen-bond acceptors (Lipinski definition) is 0. The summed E-state index contributed by atoms with van der Waals surface area (Å²) in [5.74, 6) is 0. The quantitative estimate of drug-likeness (QED) is 0.568. The molecule has 1 aromatic carbocycles. The zero-order valence-electron chi connectivity index (χ0n) is 5.89. The van der Waals surface area contributed by atoms with Gasteiger partial charge < -0.3 is 0 Å². The highest BCUT2D eigenvalue weighted by Crippen LogP contribution is 2.03. The third-order valence-corrected chi connectivity index (χ3v) is 2.20. The van der Waals surface area contributed by atoms with E-state index in [-0.39, 0.29) is 0 Å². The van der Waals surface area contributed by atoms with Crippen molar-refractivity contribution in [3.05, 3.63) is 35.9 Å². The Kier molecular flexibility index (Phi) is 3.80. The van der Waals surface area contributed by atoms with Gasteiger partial charge in [-0.05, 0) is 22.8 Å². The molecule has 0 aliphatic carbocycles. The average molecular weight is 246 g/mol. The van der Waals surface area contributed by atoms with Crippen LogP contribution in [0.1, 0.15) is 12.0 Å². The van der Waals surface area contributed by atoms with Gasteiger partial charge in [0.05, 0.1) is 0 Å². The van der Waals surface area contributed by atoms with Crippen molar-refractivity contribution in [2.45, 2.75) is 12.8 Å². The summed E-state index contributed by atoms with van der Waals surface area (Å²) >= 11 is 2.41. The maximum atomic E-state index is 2.41. The van der Waals surface area contributed by atoms with E-state index in [1.807, 2.05) is 0 Å². The molecule has 0 aliphatic heterocycles. The van der Waals surface area contributed by atoms with Crippen molar-refractivity contribution in [1.82, 2.24) is 0 Å². The lowest BCUT2D eigenvalue weighted by molar-refractivity contribution is 0.946. The molecule has 0 unspecified atom stereocenters. The van der Waals surface area contributed by atoms with Gasteiger partial charge in [-0.15, -0.1) is 0 Å². The third kappa shape index (κ3) is 2.69. The van der Waals surface area contributed by atoms with Crippen LogP contribution in [0.5, 0.6) is 0 Å². The summed E-state index contributed by atoms with van der Waals surface area (Å²) in [6, 6.07) is 10.6. The minimum Gasteiger partial charge on any atom is -0.0864 e. The van der Waals surface area contributed by atoms with Crippen molar-refractivity contribution in [2.24, 2.45) is 0 Å². The molecule has 0 saturated heterocycles. The van der Waals surface area contributed by atoms with Crippen molar-refractivity contribution in [1.29, 1.82) is 0 Å². The summed E-state index contributed by atoms with van der Waals surface area (Å²) in [4.78, 5) is 0. The van der Waals surface area contributed by atoms with Gasteiger partial charge in [-0.25, -0.2) is 0 Å². The molecule has 0 saturated carbocycles. The number of halogens is 1. The Balaban J connectivity index is 2.43. The summed E-state index contributed by atoms with van der Waals surface area (Å²) in [6.45, 7) is 0. The van der Waals surface area contributed by atoms with E-state index in [1.165, 1.54) is 22.8 Å². The second-order valence-corrected chi connectivity index (χ2v) is 3.36. The predicted octanol–water partition coefficient (Wildman–Crippen LogP) is 3.05. The van der Waals surface area contributed by atoms with Crippen LogP contribution in [0.4, 0.5) is 0 Å². The van der Waals surface area contributed by atoms with E-state index >= 15 is 0 Å². The van der Waals surface area contributed by atoms with Gasteiger partial charge in [-0.2, -0.15) is 0 Å². The summed E-state index contributed by atoms with van der Waals surface area (Å²) in [7, 11) is 0. The van der Waals surface area contributed by atoms with E-state index in [2.05, 4.69) is 52.9 Å². The Labute approximate surface area is 75.8 Å². The molecular weight excluding hydrogens is 235 g/mol. The number of benzene rings is 1. The lowest BCUT2D eigenvalue weighted by Crippen LogP contribution is -1.83. The molecule has 54 valence electrons. The van der Waals surface area contributed by atoms with Crippen molar-refractivity contribution >= 4 is 22.6 Å². The third-order valence-electron chi connectivity index (χ3n) is 1.44. The normalized spacial score (nSPS) is 9.70. The smallest absolute Gasteiger partial charge is 0.000156 e. The summed E-state index contributed by atoms with van der Waals surface area (Å²) in [5, 5.41) is 0. The highest BCUT2D eigenvalue weighted by atomic mass is 127. The molecule has 0 bridgehead atoms. The van der Waals surface area contributed by atoms with Crippen LogP contribution in [0.15, 0.2) is 30.3 Å². The molecule has 0 spiro atoms. The first-order valence-electron chi connectivity index (χ1n) is 3.53. The summed E-state index contributed by atoms with van der Waals surface area (Å²) < 4.78 is 1.26. The average Bonchev–Trinajstić information content (AvgIpc) is 2.03. The van der Waals surface area contributed by atoms with Crippen LogP contribution in [0.25, 0.3) is 0 Å². The molecule has 1 aromatic rings. The predicted molar refractivity (Wildman–Crippen MR) is 53.7 cm³/mol. The van der Waals surface area contributed by atoms with Gasteiger partial charge >= 0.3 is 0 Å². The van der Waals surface area contributed by atoms with Crippen LogP contribution in [-0.2, 0) is 6.42 Å². The maximum absolute atomic E-state index is 2.41. The van der Waals surface area contributed by atoms with Gasteiger partial charge in [0.1, 0.15) is 0 Å². The lowest BCUT2D eigenvalue weighted by Gasteiger charge is -1.95. The Hall–Kier alpha value is -0.0500. The fraction of sp³-hybridized carbons (Fsp3) is 0.333. The molecule has 1 rings (SSSR count). The molecule has 0 aromatic heterocycles. The summed E-state index contributed by atoms with van der Waals surface area (Å²) in [5.41, 5.74) is 1.46. The minimum absolute atomic E-state index is 1.23. The standard InChI is InChI=1S/C9H11I/c10-8-4-7-9-5-2-1-3-6-9/h1-3,5-6H,4,7-8H2. The van der Waals surface area contributed by atoms with Gasteiger partial charge in [-0.1, -0.05) is 52.9 Å².